The number of para-hydroxylation sites is 1. The lowest BCUT2D eigenvalue weighted by Crippen LogP contribution is -2.31. The van der Waals surface area contributed by atoms with Crippen molar-refractivity contribution in [1.82, 2.24) is 15.1 Å². The van der Waals surface area contributed by atoms with Gasteiger partial charge < -0.3 is 4.74 Å². The van der Waals surface area contributed by atoms with Crippen LogP contribution in [-0.4, -0.2) is 34.8 Å². The molecule has 0 aliphatic carbocycles. The first kappa shape index (κ1) is 16.1. The second kappa shape index (κ2) is 7.18. The predicted octanol–water partition coefficient (Wildman–Crippen LogP) is 3.88. The number of rotatable bonds is 6. The average Bonchev–Trinajstić information content (AvgIpc) is 2.96. The molecule has 0 saturated carbocycles. The molecule has 0 unspecified atom stereocenters. The van der Waals surface area contributed by atoms with Crippen LogP contribution in [-0.2, 0) is 13.0 Å². The molecule has 1 aromatic carbocycles. The quantitative estimate of drug-likeness (QED) is 0.880. The Morgan fingerprint density at radius 3 is 2.91 bits per heavy atom. The second-order valence-electron chi connectivity index (χ2n) is 6.76. The molecule has 1 N–H and O–H groups in total. The maximum Gasteiger partial charge on any atom is 0.128 e. The number of nitrogens with zero attached hydrogens (tertiary/aromatic N) is 2. The smallest absolute Gasteiger partial charge is 0.128 e. The van der Waals surface area contributed by atoms with Gasteiger partial charge in [-0.1, -0.05) is 32.9 Å². The van der Waals surface area contributed by atoms with Gasteiger partial charge in [-0.25, -0.2) is 0 Å². The van der Waals surface area contributed by atoms with Gasteiger partial charge >= 0.3 is 0 Å². The van der Waals surface area contributed by atoms with Crippen LogP contribution < -0.4 is 4.74 Å². The van der Waals surface area contributed by atoms with Crippen LogP contribution in [0, 0.1) is 5.92 Å². The summed E-state index contributed by atoms with van der Waals surface area (Å²) in [5.74, 6) is 1.44. The number of fused-ring (bicyclic) bond motifs is 1. The molecule has 1 aromatic heterocycles. The maximum atomic E-state index is 6.02. The van der Waals surface area contributed by atoms with Crippen molar-refractivity contribution in [3.05, 3.63) is 35.5 Å². The minimum atomic E-state index is 0.510. The third kappa shape index (κ3) is 3.58. The normalized spacial score (nSPS) is 15.0. The van der Waals surface area contributed by atoms with Crippen LogP contribution in [0.15, 0.2) is 24.3 Å². The Balaban J connectivity index is 1.90. The number of hydrogen-bond donors (Lipinski definition) is 1. The second-order valence-corrected chi connectivity index (χ2v) is 6.76. The molecule has 3 rings (SSSR count). The van der Waals surface area contributed by atoms with Gasteiger partial charge in [-0.05, 0) is 31.0 Å². The number of aromatic amines is 1. The van der Waals surface area contributed by atoms with Crippen LogP contribution in [0.2, 0.25) is 0 Å². The zero-order chi connectivity index (χ0) is 16.2. The molecule has 1 aliphatic heterocycles. The first-order valence-electron chi connectivity index (χ1n) is 8.69. The lowest BCUT2D eigenvalue weighted by molar-refractivity contribution is 0.254. The van der Waals surface area contributed by atoms with E-state index in [9.17, 15) is 0 Å². The van der Waals surface area contributed by atoms with Crippen LogP contribution >= 0.6 is 0 Å². The fourth-order valence-electron chi connectivity index (χ4n) is 3.13. The highest BCUT2D eigenvalue weighted by Crippen LogP contribution is 2.34. The van der Waals surface area contributed by atoms with E-state index in [4.69, 9.17) is 4.74 Å². The fraction of sp³-hybridized carbons (Fsp3) is 0.526. The van der Waals surface area contributed by atoms with Crippen molar-refractivity contribution in [3.8, 4) is 17.0 Å². The average molecular weight is 313 g/mol. The summed E-state index contributed by atoms with van der Waals surface area (Å²) >= 11 is 0. The van der Waals surface area contributed by atoms with Gasteiger partial charge in [0.05, 0.1) is 6.61 Å². The van der Waals surface area contributed by atoms with Gasteiger partial charge in [0.25, 0.3) is 0 Å². The fourth-order valence-corrected chi connectivity index (χ4v) is 3.13. The summed E-state index contributed by atoms with van der Waals surface area (Å²) in [6.45, 7) is 10.5. The molecule has 0 amide bonds. The van der Waals surface area contributed by atoms with Crippen LogP contribution in [0.5, 0.6) is 5.75 Å². The van der Waals surface area contributed by atoms with Gasteiger partial charge in [0, 0.05) is 36.3 Å². The summed E-state index contributed by atoms with van der Waals surface area (Å²) in [5.41, 5.74) is 4.78. The van der Waals surface area contributed by atoms with E-state index in [1.54, 1.807) is 0 Å². The number of hydrogen-bond acceptors (Lipinski definition) is 3. The Morgan fingerprint density at radius 2 is 2.13 bits per heavy atom. The summed E-state index contributed by atoms with van der Waals surface area (Å²) in [6.07, 6.45) is 2.24. The molecular weight excluding hydrogens is 286 g/mol. The van der Waals surface area contributed by atoms with Crippen molar-refractivity contribution in [2.75, 3.05) is 19.7 Å². The third-order valence-electron chi connectivity index (χ3n) is 4.27. The lowest BCUT2D eigenvalue weighted by atomic mass is 10.0. The summed E-state index contributed by atoms with van der Waals surface area (Å²) < 4.78 is 6.02. The largest absolute Gasteiger partial charge is 0.493 e. The molecular formula is C19H27N3O. The highest BCUT2D eigenvalue weighted by Gasteiger charge is 2.23. The molecule has 0 radical (unpaired) electrons. The van der Waals surface area contributed by atoms with E-state index in [-0.39, 0.29) is 0 Å². The van der Waals surface area contributed by atoms with Crippen LogP contribution in [0.3, 0.4) is 0 Å². The molecule has 0 fully saturated rings. The molecule has 2 aromatic rings. The van der Waals surface area contributed by atoms with E-state index in [1.807, 2.05) is 12.1 Å². The van der Waals surface area contributed by atoms with Gasteiger partial charge in [-0.3, -0.25) is 10.00 Å². The van der Waals surface area contributed by atoms with Crippen molar-refractivity contribution in [1.29, 1.82) is 0 Å². The highest BCUT2D eigenvalue weighted by atomic mass is 16.5. The van der Waals surface area contributed by atoms with Gasteiger partial charge in [-0.2, -0.15) is 5.10 Å². The Labute approximate surface area is 138 Å². The van der Waals surface area contributed by atoms with Gasteiger partial charge in [0.15, 0.2) is 0 Å². The number of nitrogens with one attached hydrogen (secondary N) is 1. The zero-order valence-electron chi connectivity index (χ0n) is 14.4. The van der Waals surface area contributed by atoms with Crippen molar-refractivity contribution >= 4 is 0 Å². The molecule has 0 spiro atoms. The third-order valence-corrected chi connectivity index (χ3v) is 4.27. The van der Waals surface area contributed by atoms with E-state index in [2.05, 4.69) is 48.0 Å². The van der Waals surface area contributed by atoms with E-state index >= 15 is 0 Å². The van der Waals surface area contributed by atoms with Crippen LogP contribution in [0.1, 0.15) is 38.4 Å². The lowest BCUT2D eigenvalue weighted by Gasteiger charge is -2.26. The minimum Gasteiger partial charge on any atom is -0.493 e. The monoisotopic (exact) mass is 313 g/mol. The number of ether oxygens (including phenoxy) is 1. The van der Waals surface area contributed by atoms with E-state index in [0.29, 0.717) is 5.92 Å². The number of benzene rings is 1. The summed E-state index contributed by atoms with van der Waals surface area (Å²) in [6, 6.07) is 8.25. The van der Waals surface area contributed by atoms with Crippen molar-refractivity contribution in [2.45, 2.75) is 40.2 Å². The Bertz CT molecular complexity index is 648. The Morgan fingerprint density at radius 1 is 1.30 bits per heavy atom. The SMILES string of the molecule is CCCN1CCc2[nH]nc(-c3ccccc3OCC(C)C)c2C1. The van der Waals surface area contributed by atoms with E-state index in [0.717, 1.165) is 49.7 Å². The molecule has 0 saturated heterocycles. The van der Waals surface area contributed by atoms with E-state index in [1.165, 1.54) is 17.7 Å². The number of aromatic nitrogens is 2. The highest BCUT2D eigenvalue weighted by molar-refractivity contribution is 5.70. The molecule has 23 heavy (non-hydrogen) atoms. The number of H-pyrrole nitrogens is 1. The van der Waals surface area contributed by atoms with Crippen LogP contribution in [0.25, 0.3) is 11.3 Å². The van der Waals surface area contributed by atoms with Crippen molar-refractivity contribution in [2.24, 2.45) is 5.92 Å². The summed E-state index contributed by atoms with van der Waals surface area (Å²) in [7, 11) is 0. The van der Waals surface area contributed by atoms with Gasteiger partial charge in [-0.15, -0.1) is 0 Å². The minimum absolute atomic E-state index is 0.510. The maximum absolute atomic E-state index is 6.02. The predicted molar refractivity (Wildman–Crippen MR) is 93.6 cm³/mol. The topological polar surface area (TPSA) is 41.2 Å². The molecule has 1 aliphatic rings. The van der Waals surface area contributed by atoms with Gasteiger partial charge in [0.1, 0.15) is 11.4 Å². The Hall–Kier alpha value is -1.81. The Kier molecular flexibility index (Phi) is 5.01. The molecule has 124 valence electrons. The zero-order valence-corrected chi connectivity index (χ0v) is 14.4. The van der Waals surface area contributed by atoms with Crippen LogP contribution in [0.4, 0.5) is 0 Å². The van der Waals surface area contributed by atoms with E-state index < -0.39 is 0 Å². The first-order chi connectivity index (χ1) is 11.2. The standard InChI is InChI=1S/C19H27N3O/c1-4-10-22-11-9-17-16(12-22)19(21-20-17)15-7-5-6-8-18(15)23-13-14(2)3/h5-8,14H,4,9-13H2,1-3H3,(H,20,21). The molecule has 4 heteroatoms. The molecule has 2 heterocycles. The van der Waals surface area contributed by atoms with Gasteiger partial charge in [0.2, 0.25) is 0 Å². The summed E-state index contributed by atoms with van der Waals surface area (Å²) in [4.78, 5) is 2.51. The molecule has 0 atom stereocenters. The van der Waals surface area contributed by atoms with Crippen molar-refractivity contribution in [3.63, 3.8) is 0 Å². The molecule has 0 bridgehead atoms. The molecule has 4 nitrogen and oxygen atoms in total. The first-order valence-corrected chi connectivity index (χ1v) is 8.69. The van der Waals surface area contributed by atoms with Crippen molar-refractivity contribution < 1.29 is 4.74 Å². The summed E-state index contributed by atoms with van der Waals surface area (Å²) in [5, 5.41) is 7.87.